The molecule has 1 aromatic heterocycles. The van der Waals surface area contributed by atoms with Crippen LogP contribution in [0.5, 0.6) is 5.75 Å². The van der Waals surface area contributed by atoms with Gasteiger partial charge in [-0.1, -0.05) is 35.9 Å². The first-order valence-corrected chi connectivity index (χ1v) is 8.18. The van der Waals surface area contributed by atoms with E-state index in [9.17, 15) is 0 Å². The number of hydrogen-bond donors (Lipinski definition) is 1. The number of rotatable bonds is 3. The van der Waals surface area contributed by atoms with Crippen LogP contribution in [0.15, 0.2) is 54.9 Å². The highest BCUT2D eigenvalue weighted by atomic mass is 35.5. The van der Waals surface area contributed by atoms with Gasteiger partial charge in [0.1, 0.15) is 12.1 Å². The average molecular weight is 341 g/mol. The lowest BCUT2D eigenvalue weighted by Crippen LogP contribution is -2.28. The Bertz CT molecular complexity index is 846. The molecule has 0 spiro atoms. The molecule has 1 aliphatic rings. The molecule has 0 unspecified atom stereocenters. The Morgan fingerprint density at radius 1 is 1.17 bits per heavy atom. The van der Waals surface area contributed by atoms with Crippen molar-refractivity contribution in [3.8, 4) is 5.75 Å². The van der Waals surface area contributed by atoms with E-state index in [1.165, 1.54) is 5.56 Å². The standard InChI is InChI=1S/C18H17ClN4O/c1-24-15-4-2-3-13(9-15)17-10-16(12-5-7-14(19)8-6-12)22-18-20-11-21-23(17)18/h2-9,11,16-17H,10H2,1H3,(H,20,21,22)/t16-,17+/m0/s1. The fourth-order valence-corrected chi connectivity index (χ4v) is 3.29. The zero-order valence-corrected chi connectivity index (χ0v) is 13.9. The van der Waals surface area contributed by atoms with Gasteiger partial charge in [-0.15, -0.1) is 0 Å². The van der Waals surface area contributed by atoms with E-state index < -0.39 is 0 Å². The smallest absolute Gasteiger partial charge is 0.222 e. The summed E-state index contributed by atoms with van der Waals surface area (Å²) in [5, 5.41) is 8.59. The van der Waals surface area contributed by atoms with Crippen LogP contribution in [0.25, 0.3) is 0 Å². The van der Waals surface area contributed by atoms with Gasteiger partial charge >= 0.3 is 0 Å². The van der Waals surface area contributed by atoms with Crippen LogP contribution in [-0.2, 0) is 0 Å². The van der Waals surface area contributed by atoms with Gasteiger partial charge in [-0.2, -0.15) is 10.1 Å². The molecule has 0 radical (unpaired) electrons. The minimum Gasteiger partial charge on any atom is -0.497 e. The predicted molar refractivity (Wildman–Crippen MR) is 93.6 cm³/mol. The maximum absolute atomic E-state index is 6.01. The number of hydrogen-bond acceptors (Lipinski definition) is 4. The normalized spacial score (nSPS) is 19.4. The van der Waals surface area contributed by atoms with Crippen LogP contribution in [0.2, 0.25) is 5.02 Å². The number of halogens is 1. The van der Waals surface area contributed by atoms with E-state index >= 15 is 0 Å². The lowest BCUT2D eigenvalue weighted by molar-refractivity contribution is 0.406. The minimum absolute atomic E-state index is 0.0968. The molecule has 5 nitrogen and oxygen atoms in total. The lowest BCUT2D eigenvalue weighted by atomic mass is 9.93. The highest BCUT2D eigenvalue weighted by Crippen LogP contribution is 2.38. The van der Waals surface area contributed by atoms with Crippen molar-refractivity contribution in [2.45, 2.75) is 18.5 Å². The summed E-state index contributed by atoms with van der Waals surface area (Å²) in [6.45, 7) is 0. The van der Waals surface area contributed by atoms with Crippen molar-refractivity contribution >= 4 is 17.5 Å². The van der Waals surface area contributed by atoms with Crippen molar-refractivity contribution in [2.75, 3.05) is 12.4 Å². The number of methoxy groups -OCH3 is 1. The van der Waals surface area contributed by atoms with Gasteiger partial charge in [-0.3, -0.25) is 0 Å². The van der Waals surface area contributed by atoms with Gasteiger partial charge in [0.2, 0.25) is 5.95 Å². The second-order valence-electron chi connectivity index (χ2n) is 5.80. The van der Waals surface area contributed by atoms with Crippen LogP contribution in [0.4, 0.5) is 5.95 Å². The van der Waals surface area contributed by atoms with E-state index in [0.717, 1.165) is 28.7 Å². The fourth-order valence-electron chi connectivity index (χ4n) is 3.16. The van der Waals surface area contributed by atoms with Crippen molar-refractivity contribution in [1.82, 2.24) is 14.8 Å². The first-order chi connectivity index (χ1) is 11.7. The third kappa shape index (κ3) is 2.71. The van der Waals surface area contributed by atoms with E-state index in [4.69, 9.17) is 16.3 Å². The molecule has 0 fully saturated rings. The summed E-state index contributed by atoms with van der Waals surface area (Å²) in [5.41, 5.74) is 2.34. The number of ether oxygens (including phenoxy) is 1. The van der Waals surface area contributed by atoms with Crippen molar-refractivity contribution < 1.29 is 4.74 Å². The molecular formula is C18H17ClN4O. The fraction of sp³-hybridized carbons (Fsp3) is 0.222. The van der Waals surface area contributed by atoms with Gasteiger partial charge in [0.15, 0.2) is 0 Å². The largest absolute Gasteiger partial charge is 0.497 e. The van der Waals surface area contributed by atoms with Crippen molar-refractivity contribution in [3.63, 3.8) is 0 Å². The summed E-state index contributed by atoms with van der Waals surface area (Å²) in [4.78, 5) is 4.35. The van der Waals surface area contributed by atoms with E-state index in [2.05, 4.69) is 39.7 Å². The van der Waals surface area contributed by atoms with Crippen molar-refractivity contribution in [3.05, 3.63) is 71.0 Å². The van der Waals surface area contributed by atoms with Crippen LogP contribution < -0.4 is 10.1 Å². The first-order valence-electron chi connectivity index (χ1n) is 7.80. The topological polar surface area (TPSA) is 52.0 Å². The summed E-state index contributed by atoms with van der Waals surface area (Å²) in [5.74, 6) is 1.62. The van der Waals surface area contributed by atoms with E-state index in [1.807, 2.05) is 28.9 Å². The molecule has 1 N–H and O–H groups in total. The summed E-state index contributed by atoms with van der Waals surface area (Å²) in [7, 11) is 1.68. The third-order valence-corrected chi connectivity index (χ3v) is 4.63. The predicted octanol–water partition coefficient (Wildman–Crippen LogP) is 4.09. The molecule has 24 heavy (non-hydrogen) atoms. The van der Waals surface area contributed by atoms with Crippen LogP contribution >= 0.6 is 11.6 Å². The van der Waals surface area contributed by atoms with Crippen LogP contribution in [0.3, 0.4) is 0 Å². The van der Waals surface area contributed by atoms with Crippen molar-refractivity contribution in [2.24, 2.45) is 0 Å². The number of nitrogens with zero attached hydrogens (tertiary/aromatic N) is 3. The summed E-state index contributed by atoms with van der Waals surface area (Å²) in [6.07, 6.45) is 2.45. The quantitative estimate of drug-likeness (QED) is 0.780. The molecule has 2 atom stereocenters. The van der Waals surface area contributed by atoms with Gasteiger partial charge in [-0.25, -0.2) is 4.68 Å². The van der Waals surface area contributed by atoms with E-state index in [1.54, 1.807) is 13.4 Å². The second kappa shape index (κ2) is 6.17. The zero-order valence-electron chi connectivity index (χ0n) is 13.2. The summed E-state index contributed by atoms with van der Waals surface area (Å²) < 4.78 is 7.30. The van der Waals surface area contributed by atoms with Gasteiger partial charge in [0, 0.05) is 5.02 Å². The van der Waals surface area contributed by atoms with Crippen LogP contribution in [0, 0.1) is 0 Å². The maximum atomic E-state index is 6.01. The molecule has 0 aliphatic carbocycles. The number of nitrogens with one attached hydrogen (secondary N) is 1. The Labute approximate surface area is 145 Å². The second-order valence-corrected chi connectivity index (χ2v) is 6.24. The molecule has 3 aromatic rings. The summed E-state index contributed by atoms with van der Waals surface area (Å²) in [6, 6.07) is 16.3. The third-order valence-electron chi connectivity index (χ3n) is 4.38. The van der Waals surface area contributed by atoms with Gasteiger partial charge in [0.25, 0.3) is 0 Å². The molecule has 6 heteroatoms. The van der Waals surface area contributed by atoms with E-state index in [-0.39, 0.29) is 12.1 Å². The first kappa shape index (κ1) is 15.0. The SMILES string of the molecule is COc1cccc([C@H]2C[C@@H](c3ccc(Cl)cc3)Nc3ncnn32)c1. The maximum Gasteiger partial charge on any atom is 0.222 e. The molecule has 2 heterocycles. The van der Waals surface area contributed by atoms with E-state index in [0.29, 0.717) is 0 Å². The monoisotopic (exact) mass is 340 g/mol. The van der Waals surface area contributed by atoms with Crippen LogP contribution in [0.1, 0.15) is 29.6 Å². The van der Waals surface area contributed by atoms with Gasteiger partial charge < -0.3 is 10.1 Å². The Morgan fingerprint density at radius 2 is 2.00 bits per heavy atom. The Hall–Kier alpha value is -2.53. The summed E-state index contributed by atoms with van der Waals surface area (Å²) >= 11 is 6.01. The molecule has 2 aromatic carbocycles. The number of fused-ring (bicyclic) bond motifs is 1. The molecule has 1 aliphatic heterocycles. The Morgan fingerprint density at radius 3 is 2.79 bits per heavy atom. The van der Waals surface area contributed by atoms with Crippen LogP contribution in [-0.4, -0.2) is 21.9 Å². The molecule has 122 valence electrons. The molecule has 4 rings (SSSR count). The Balaban J connectivity index is 1.72. The highest BCUT2D eigenvalue weighted by Gasteiger charge is 2.30. The molecule has 0 saturated heterocycles. The highest BCUT2D eigenvalue weighted by molar-refractivity contribution is 6.30. The number of benzene rings is 2. The number of aromatic nitrogens is 3. The lowest BCUT2D eigenvalue weighted by Gasteiger charge is -2.32. The van der Waals surface area contributed by atoms with Gasteiger partial charge in [-0.05, 0) is 41.8 Å². The molecule has 0 amide bonds. The zero-order chi connectivity index (χ0) is 16.5. The average Bonchev–Trinajstić information content (AvgIpc) is 3.10. The molecular weight excluding hydrogens is 324 g/mol. The molecule has 0 bridgehead atoms. The van der Waals surface area contributed by atoms with Crippen molar-refractivity contribution in [1.29, 1.82) is 0 Å². The Kier molecular flexibility index (Phi) is 3.86. The molecule has 0 saturated carbocycles. The van der Waals surface area contributed by atoms with Gasteiger partial charge in [0.05, 0.1) is 19.2 Å². The number of anilines is 1. The minimum atomic E-state index is 0.0968.